The number of nitrogens with zero attached hydrogens (tertiary/aromatic N) is 1. The molecule has 0 aliphatic carbocycles. The molecule has 11 nitrogen and oxygen atoms in total. The summed E-state index contributed by atoms with van der Waals surface area (Å²) in [6, 6.07) is 1.53. The van der Waals surface area contributed by atoms with Crippen molar-refractivity contribution in [3.8, 4) is 6.07 Å². The Kier molecular flexibility index (Phi) is 7.49. The largest absolute Gasteiger partial charge is 0.481 e. The van der Waals surface area contributed by atoms with Crippen molar-refractivity contribution in [2.24, 2.45) is 0 Å². The van der Waals surface area contributed by atoms with Crippen LogP contribution in [-0.4, -0.2) is 79.9 Å². The van der Waals surface area contributed by atoms with Gasteiger partial charge in [0.15, 0.2) is 5.76 Å². The fourth-order valence-electron chi connectivity index (χ4n) is 1.94. The lowest BCUT2D eigenvalue weighted by atomic mass is 9.99. The van der Waals surface area contributed by atoms with Gasteiger partial charge in [-0.25, -0.2) is 4.79 Å². The van der Waals surface area contributed by atoms with Gasteiger partial charge in [-0.1, -0.05) is 0 Å². The number of aliphatic hydroxyl groups excluding tert-OH is 4. The van der Waals surface area contributed by atoms with E-state index < -0.39 is 67.0 Å². The normalized spacial score (nSPS) is 30.4. The summed E-state index contributed by atoms with van der Waals surface area (Å²) in [4.78, 5) is 21.5. The Morgan fingerprint density at radius 2 is 1.76 bits per heavy atom. The van der Waals surface area contributed by atoms with Crippen molar-refractivity contribution in [2.75, 3.05) is 6.61 Å². The fraction of sp³-hybridized carbons (Fsp3) is 0.500. The van der Waals surface area contributed by atoms with E-state index in [2.05, 4.69) is 0 Å². The summed E-state index contributed by atoms with van der Waals surface area (Å²) in [7, 11) is 0. The highest BCUT2D eigenvalue weighted by molar-refractivity contribution is 5.92. The van der Waals surface area contributed by atoms with E-state index in [0.717, 1.165) is 12.2 Å². The zero-order valence-corrected chi connectivity index (χ0v) is 12.7. The third kappa shape index (κ3) is 5.52. The van der Waals surface area contributed by atoms with Gasteiger partial charge in [0.25, 0.3) is 0 Å². The number of carbonyl (C=O) groups is 2. The Morgan fingerprint density at radius 3 is 2.24 bits per heavy atom. The van der Waals surface area contributed by atoms with Gasteiger partial charge in [0.05, 0.1) is 13.0 Å². The molecule has 0 aromatic carbocycles. The Bertz CT molecular complexity index is 605. The molecular weight excluding hydrogens is 342 g/mol. The maximum absolute atomic E-state index is 10.9. The summed E-state index contributed by atoms with van der Waals surface area (Å²) in [5.74, 6) is -3.45. The number of hydrogen-bond donors (Lipinski definition) is 6. The van der Waals surface area contributed by atoms with E-state index >= 15 is 0 Å². The molecule has 6 N–H and O–H groups in total. The molecule has 0 aromatic heterocycles. The van der Waals surface area contributed by atoms with Gasteiger partial charge in [0.1, 0.15) is 30.5 Å². The molecule has 0 amide bonds. The molecule has 0 bridgehead atoms. The molecule has 0 unspecified atom stereocenters. The van der Waals surface area contributed by atoms with Gasteiger partial charge in [0, 0.05) is 5.57 Å². The van der Waals surface area contributed by atoms with E-state index in [0.29, 0.717) is 0 Å². The van der Waals surface area contributed by atoms with E-state index in [-0.39, 0.29) is 0 Å². The standard InChI is InChI=1S/C14H17NO10/c15-4-7(2-1-6(13(22)23)3-9(17)18)24-14-12(21)11(20)10(19)8(5-16)25-14/h1-2,8,10-12,14,16,19-21H,3,5H2,(H,17,18)(H,22,23)/b6-1-,7-2+/t8-,10-,11+,12-,14-/m1/s1. The molecule has 138 valence electrons. The smallest absolute Gasteiger partial charge is 0.332 e. The number of hydrogen-bond acceptors (Lipinski definition) is 9. The van der Waals surface area contributed by atoms with E-state index in [1.807, 2.05) is 0 Å². The average molecular weight is 359 g/mol. The molecule has 0 radical (unpaired) electrons. The Balaban J connectivity index is 2.95. The van der Waals surface area contributed by atoms with Crippen LogP contribution in [-0.2, 0) is 19.1 Å². The zero-order chi connectivity index (χ0) is 19.1. The van der Waals surface area contributed by atoms with E-state index in [1.54, 1.807) is 0 Å². The number of aliphatic carboxylic acids is 2. The maximum Gasteiger partial charge on any atom is 0.332 e. The van der Waals surface area contributed by atoms with Crippen LogP contribution in [0.15, 0.2) is 23.5 Å². The lowest BCUT2D eigenvalue weighted by molar-refractivity contribution is -0.290. The van der Waals surface area contributed by atoms with Gasteiger partial charge >= 0.3 is 11.9 Å². The molecule has 1 aliphatic rings. The molecule has 5 atom stereocenters. The van der Waals surface area contributed by atoms with E-state index in [1.165, 1.54) is 6.07 Å². The van der Waals surface area contributed by atoms with Crippen molar-refractivity contribution >= 4 is 11.9 Å². The number of rotatable bonds is 7. The molecule has 1 fully saturated rings. The Morgan fingerprint density at radius 1 is 1.12 bits per heavy atom. The highest BCUT2D eigenvalue weighted by atomic mass is 16.7. The molecule has 0 aromatic rings. The van der Waals surface area contributed by atoms with Crippen molar-refractivity contribution in [3.05, 3.63) is 23.5 Å². The van der Waals surface area contributed by atoms with Crippen molar-refractivity contribution in [2.45, 2.75) is 37.1 Å². The second kappa shape index (κ2) is 9.11. The van der Waals surface area contributed by atoms with Gasteiger partial charge in [-0.05, 0) is 12.2 Å². The minimum Gasteiger partial charge on any atom is -0.481 e. The molecular formula is C14H17NO10. The number of nitriles is 1. The number of aliphatic hydroxyl groups is 4. The fourth-order valence-corrected chi connectivity index (χ4v) is 1.94. The van der Waals surface area contributed by atoms with E-state index in [4.69, 9.17) is 30.1 Å². The van der Waals surface area contributed by atoms with Crippen LogP contribution in [0.25, 0.3) is 0 Å². The van der Waals surface area contributed by atoms with Crippen LogP contribution in [0.4, 0.5) is 0 Å². The van der Waals surface area contributed by atoms with Crippen LogP contribution >= 0.6 is 0 Å². The first-order chi connectivity index (χ1) is 11.7. The second-order valence-electron chi connectivity index (χ2n) is 5.03. The number of carboxylic acids is 2. The monoisotopic (exact) mass is 359 g/mol. The third-order valence-electron chi connectivity index (χ3n) is 3.25. The first-order valence-electron chi connectivity index (χ1n) is 6.94. The average Bonchev–Trinajstić information content (AvgIpc) is 2.56. The first-order valence-corrected chi connectivity index (χ1v) is 6.94. The summed E-state index contributed by atoms with van der Waals surface area (Å²) in [6.45, 7) is -0.696. The van der Waals surface area contributed by atoms with Gasteiger partial charge < -0.3 is 40.1 Å². The molecule has 1 saturated heterocycles. The summed E-state index contributed by atoms with van der Waals surface area (Å²) in [5, 5.41) is 64.5. The summed E-state index contributed by atoms with van der Waals surface area (Å²) >= 11 is 0. The van der Waals surface area contributed by atoms with Crippen LogP contribution in [0.3, 0.4) is 0 Å². The quantitative estimate of drug-likeness (QED) is 0.124. The molecule has 11 heteroatoms. The third-order valence-corrected chi connectivity index (χ3v) is 3.25. The molecule has 0 spiro atoms. The molecule has 1 aliphatic heterocycles. The van der Waals surface area contributed by atoms with Gasteiger partial charge in [-0.2, -0.15) is 5.26 Å². The molecule has 0 saturated carbocycles. The predicted octanol–water partition coefficient (Wildman–Crippen LogP) is -2.30. The number of carboxylic acid groups (broad SMARTS) is 2. The first kappa shape index (κ1) is 20.6. The van der Waals surface area contributed by atoms with Crippen LogP contribution in [0.1, 0.15) is 6.42 Å². The molecule has 25 heavy (non-hydrogen) atoms. The lowest BCUT2D eigenvalue weighted by Crippen LogP contribution is -2.59. The van der Waals surface area contributed by atoms with Crippen LogP contribution in [0, 0.1) is 11.3 Å². The zero-order valence-electron chi connectivity index (χ0n) is 12.7. The molecule has 1 heterocycles. The van der Waals surface area contributed by atoms with Crippen LogP contribution in [0.2, 0.25) is 0 Å². The van der Waals surface area contributed by atoms with Crippen molar-refractivity contribution in [1.82, 2.24) is 0 Å². The number of allylic oxidation sites excluding steroid dienone is 3. The highest BCUT2D eigenvalue weighted by Crippen LogP contribution is 2.23. The minimum atomic E-state index is -1.75. The van der Waals surface area contributed by atoms with Gasteiger partial charge in [-0.3, -0.25) is 4.79 Å². The highest BCUT2D eigenvalue weighted by Gasteiger charge is 2.44. The topological polar surface area (TPSA) is 198 Å². The SMILES string of the molecule is N#C/C(=C\C=C(\CC(=O)O)C(=O)O)O[C@@H]1O[C@H](CO)[C@@H](O)[C@H](O)[C@H]1O. The predicted molar refractivity (Wildman–Crippen MR) is 76.5 cm³/mol. The van der Waals surface area contributed by atoms with Gasteiger partial charge in [-0.15, -0.1) is 0 Å². The molecule has 1 rings (SSSR count). The van der Waals surface area contributed by atoms with Crippen LogP contribution < -0.4 is 0 Å². The van der Waals surface area contributed by atoms with Crippen molar-refractivity contribution < 1.29 is 49.7 Å². The second-order valence-corrected chi connectivity index (χ2v) is 5.03. The summed E-state index contributed by atoms with van der Waals surface area (Å²) in [5.41, 5.74) is -0.530. The maximum atomic E-state index is 10.9. The van der Waals surface area contributed by atoms with Crippen LogP contribution in [0.5, 0.6) is 0 Å². The minimum absolute atomic E-state index is 0.530. The van der Waals surface area contributed by atoms with Crippen molar-refractivity contribution in [1.29, 1.82) is 5.26 Å². The Labute approximate surface area is 141 Å². The van der Waals surface area contributed by atoms with Crippen molar-refractivity contribution in [3.63, 3.8) is 0 Å². The lowest BCUT2D eigenvalue weighted by Gasteiger charge is -2.39. The van der Waals surface area contributed by atoms with Gasteiger partial charge in [0.2, 0.25) is 6.29 Å². The van der Waals surface area contributed by atoms with E-state index in [9.17, 15) is 24.9 Å². The Hall–Kier alpha value is -2.49. The summed E-state index contributed by atoms with van der Waals surface area (Å²) < 4.78 is 10.0. The summed E-state index contributed by atoms with van der Waals surface area (Å²) in [6.07, 6.45) is -7.06. The number of ether oxygens (including phenoxy) is 2.